The van der Waals surface area contributed by atoms with E-state index in [1.807, 2.05) is 26.0 Å². The second kappa shape index (κ2) is 5.43. The zero-order valence-corrected chi connectivity index (χ0v) is 11.3. The number of benzene rings is 1. The van der Waals surface area contributed by atoms with Crippen molar-refractivity contribution in [2.24, 2.45) is 5.92 Å². The van der Waals surface area contributed by atoms with Crippen LogP contribution in [0.15, 0.2) is 18.2 Å². The van der Waals surface area contributed by atoms with Crippen LogP contribution < -0.4 is 5.32 Å². The van der Waals surface area contributed by atoms with E-state index >= 15 is 0 Å². The van der Waals surface area contributed by atoms with E-state index in [1.165, 1.54) is 5.56 Å². The van der Waals surface area contributed by atoms with Gasteiger partial charge in [0.2, 0.25) is 0 Å². The summed E-state index contributed by atoms with van der Waals surface area (Å²) >= 11 is 0. The minimum Gasteiger partial charge on any atom is -0.382 e. The third-order valence-electron chi connectivity index (χ3n) is 3.93. The minimum absolute atomic E-state index is 0.167. The third-order valence-corrected chi connectivity index (χ3v) is 3.93. The van der Waals surface area contributed by atoms with Crippen LogP contribution in [0.2, 0.25) is 0 Å². The summed E-state index contributed by atoms with van der Waals surface area (Å²) in [5.41, 5.74) is 3.39. The van der Waals surface area contributed by atoms with Gasteiger partial charge in [-0.15, -0.1) is 0 Å². The van der Waals surface area contributed by atoms with Crippen molar-refractivity contribution in [2.75, 3.05) is 5.32 Å². The largest absolute Gasteiger partial charge is 0.391 e. The van der Waals surface area contributed by atoms with E-state index in [1.54, 1.807) is 0 Å². The van der Waals surface area contributed by atoms with Crippen molar-refractivity contribution in [1.29, 1.82) is 0 Å². The second-order valence-electron chi connectivity index (χ2n) is 5.55. The van der Waals surface area contributed by atoms with Gasteiger partial charge in [0.15, 0.2) is 0 Å². The number of anilines is 1. The van der Waals surface area contributed by atoms with E-state index in [0.717, 1.165) is 11.3 Å². The molecular weight excluding hydrogens is 251 g/mol. The average Bonchev–Trinajstić information content (AvgIpc) is 2.32. The van der Waals surface area contributed by atoms with Crippen LogP contribution in [0.5, 0.6) is 0 Å². The number of hydrogen-bond acceptors (Lipinski definition) is 1. The lowest BCUT2D eigenvalue weighted by molar-refractivity contribution is -0.182. The summed E-state index contributed by atoms with van der Waals surface area (Å²) in [7, 11) is 0. The molecule has 0 heterocycles. The van der Waals surface area contributed by atoms with Crippen LogP contribution in [0.3, 0.4) is 0 Å². The Morgan fingerprint density at radius 3 is 2.21 bits per heavy atom. The summed E-state index contributed by atoms with van der Waals surface area (Å²) in [4.78, 5) is 0. The number of halogens is 3. The fourth-order valence-corrected chi connectivity index (χ4v) is 2.76. The molecule has 0 aromatic heterocycles. The van der Waals surface area contributed by atoms with Crippen molar-refractivity contribution in [2.45, 2.75) is 51.7 Å². The van der Waals surface area contributed by atoms with Gasteiger partial charge in [-0.3, -0.25) is 0 Å². The Kier molecular flexibility index (Phi) is 4.07. The van der Waals surface area contributed by atoms with Crippen molar-refractivity contribution in [1.82, 2.24) is 0 Å². The maximum Gasteiger partial charge on any atom is 0.391 e. The van der Waals surface area contributed by atoms with Gasteiger partial charge in [-0.2, -0.15) is 13.2 Å². The molecule has 1 aromatic carbocycles. The highest BCUT2D eigenvalue weighted by atomic mass is 19.4. The molecule has 1 N–H and O–H groups in total. The molecule has 0 amide bonds. The predicted octanol–water partition coefficient (Wildman–Crippen LogP) is 4.84. The van der Waals surface area contributed by atoms with Crippen LogP contribution in [0, 0.1) is 19.8 Å². The van der Waals surface area contributed by atoms with Crippen molar-refractivity contribution in [3.63, 3.8) is 0 Å². The molecule has 0 unspecified atom stereocenters. The number of rotatable bonds is 2. The molecule has 1 aliphatic carbocycles. The van der Waals surface area contributed by atoms with Gasteiger partial charge in [0, 0.05) is 11.7 Å². The van der Waals surface area contributed by atoms with E-state index in [0.29, 0.717) is 12.8 Å². The summed E-state index contributed by atoms with van der Waals surface area (Å²) in [5, 5.41) is 3.38. The Hall–Kier alpha value is -1.19. The molecule has 0 saturated heterocycles. The molecule has 0 spiro atoms. The topological polar surface area (TPSA) is 12.0 Å². The monoisotopic (exact) mass is 271 g/mol. The van der Waals surface area contributed by atoms with E-state index in [9.17, 15) is 13.2 Å². The molecule has 19 heavy (non-hydrogen) atoms. The van der Waals surface area contributed by atoms with Gasteiger partial charge in [0.05, 0.1) is 5.92 Å². The normalized spacial score (nSPS) is 24.3. The van der Waals surface area contributed by atoms with Crippen molar-refractivity contribution < 1.29 is 13.2 Å². The van der Waals surface area contributed by atoms with Gasteiger partial charge in [0.1, 0.15) is 0 Å². The predicted molar refractivity (Wildman–Crippen MR) is 71.3 cm³/mol. The van der Waals surface area contributed by atoms with Crippen LogP contribution >= 0.6 is 0 Å². The smallest absolute Gasteiger partial charge is 0.382 e. The summed E-state index contributed by atoms with van der Waals surface area (Å²) in [6, 6.07) is 6.29. The molecule has 0 atom stereocenters. The molecule has 4 heteroatoms. The molecule has 0 aliphatic heterocycles. The van der Waals surface area contributed by atoms with Gasteiger partial charge < -0.3 is 5.32 Å². The summed E-state index contributed by atoms with van der Waals surface area (Å²) in [5.74, 6) is -1.11. The summed E-state index contributed by atoms with van der Waals surface area (Å²) in [6.07, 6.45) is -2.35. The number of hydrogen-bond donors (Lipinski definition) is 1. The average molecular weight is 271 g/mol. The summed E-state index contributed by atoms with van der Waals surface area (Å²) < 4.78 is 37.8. The van der Waals surface area contributed by atoms with Crippen molar-refractivity contribution >= 4 is 5.69 Å². The van der Waals surface area contributed by atoms with Crippen LogP contribution in [0.4, 0.5) is 18.9 Å². The van der Waals surface area contributed by atoms with Crippen LogP contribution in [0.25, 0.3) is 0 Å². The fraction of sp³-hybridized carbons (Fsp3) is 0.600. The first kappa shape index (κ1) is 14.2. The molecule has 106 valence electrons. The molecule has 1 fully saturated rings. The maximum atomic E-state index is 12.6. The van der Waals surface area contributed by atoms with Crippen LogP contribution in [-0.4, -0.2) is 12.2 Å². The van der Waals surface area contributed by atoms with Gasteiger partial charge in [-0.1, -0.05) is 17.7 Å². The van der Waals surface area contributed by atoms with E-state index in [2.05, 4.69) is 11.4 Å². The molecule has 1 aromatic rings. The Morgan fingerprint density at radius 2 is 1.68 bits per heavy atom. The molecule has 0 radical (unpaired) electrons. The molecule has 1 aliphatic rings. The van der Waals surface area contributed by atoms with E-state index in [-0.39, 0.29) is 18.9 Å². The number of aryl methyl sites for hydroxylation is 2. The van der Waals surface area contributed by atoms with E-state index < -0.39 is 12.1 Å². The highest BCUT2D eigenvalue weighted by Crippen LogP contribution is 2.38. The van der Waals surface area contributed by atoms with Crippen molar-refractivity contribution in [3.05, 3.63) is 29.3 Å². The first-order chi connectivity index (χ1) is 8.86. The Balaban J connectivity index is 1.92. The quantitative estimate of drug-likeness (QED) is 0.811. The van der Waals surface area contributed by atoms with Crippen molar-refractivity contribution in [3.8, 4) is 0 Å². The number of nitrogens with one attached hydrogen (secondary N) is 1. The molecular formula is C15H20F3N. The van der Waals surface area contributed by atoms with Crippen LogP contribution in [0.1, 0.15) is 36.8 Å². The lowest BCUT2D eigenvalue weighted by Crippen LogP contribution is -2.32. The highest BCUT2D eigenvalue weighted by Gasteiger charge is 2.41. The Labute approximate surface area is 112 Å². The maximum absolute atomic E-state index is 12.6. The Bertz CT molecular complexity index is 432. The fourth-order valence-electron chi connectivity index (χ4n) is 2.76. The molecule has 0 bridgehead atoms. The first-order valence-corrected chi connectivity index (χ1v) is 6.77. The van der Waals surface area contributed by atoms with Gasteiger partial charge in [-0.25, -0.2) is 0 Å². The Morgan fingerprint density at radius 1 is 1.05 bits per heavy atom. The minimum atomic E-state index is -4.02. The zero-order chi connectivity index (χ0) is 14.0. The zero-order valence-electron chi connectivity index (χ0n) is 11.3. The highest BCUT2D eigenvalue weighted by molar-refractivity contribution is 5.52. The second-order valence-corrected chi connectivity index (χ2v) is 5.55. The lowest BCUT2D eigenvalue weighted by Gasteiger charge is -2.31. The number of alkyl halides is 3. The van der Waals surface area contributed by atoms with Gasteiger partial charge in [-0.05, 0) is 51.2 Å². The lowest BCUT2D eigenvalue weighted by atomic mass is 9.85. The molecule has 2 rings (SSSR count). The standard InChI is InChI=1S/C15H20F3N/c1-10-3-8-14(11(2)9-10)19-13-6-4-12(5-7-13)15(16,17)18/h3,8-9,12-13,19H,4-7H2,1-2H3. The molecule has 1 nitrogen and oxygen atoms in total. The first-order valence-electron chi connectivity index (χ1n) is 6.77. The van der Waals surface area contributed by atoms with E-state index in [4.69, 9.17) is 0 Å². The third kappa shape index (κ3) is 3.64. The van der Waals surface area contributed by atoms with Gasteiger partial charge >= 0.3 is 6.18 Å². The van der Waals surface area contributed by atoms with Crippen LogP contribution in [-0.2, 0) is 0 Å². The SMILES string of the molecule is Cc1ccc(NC2CCC(C(F)(F)F)CC2)c(C)c1. The molecule has 1 saturated carbocycles. The summed E-state index contributed by atoms with van der Waals surface area (Å²) in [6.45, 7) is 4.06. The van der Waals surface area contributed by atoms with Gasteiger partial charge in [0.25, 0.3) is 0 Å².